The molecule has 2 saturated carbocycles. The average Bonchev–Trinajstić information content (AvgIpc) is 3.44. The number of methoxy groups -OCH3 is 1. The quantitative estimate of drug-likeness (QED) is 0.771. The number of hydrogen-bond donors (Lipinski definition) is 1. The number of aromatic nitrogens is 2. The van der Waals surface area contributed by atoms with Gasteiger partial charge in [-0.3, -0.25) is 4.68 Å². The van der Waals surface area contributed by atoms with Crippen molar-refractivity contribution in [1.29, 1.82) is 0 Å². The molecule has 0 unspecified atom stereocenters. The number of rotatable bonds is 8. The molecule has 1 heterocycles. The summed E-state index contributed by atoms with van der Waals surface area (Å²) in [5, 5.41) is 7.75. The molecule has 3 rings (SSSR count). The zero-order valence-corrected chi connectivity index (χ0v) is 16.6. The summed E-state index contributed by atoms with van der Waals surface area (Å²) in [6.45, 7) is 6.95. The van der Waals surface area contributed by atoms with E-state index in [-0.39, 0.29) is 6.03 Å². The Morgan fingerprint density at radius 3 is 2.62 bits per heavy atom. The molecule has 0 aromatic carbocycles. The van der Waals surface area contributed by atoms with Crippen molar-refractivity contribution in [3.8, 4) is 0 Å². The lowest BCUT2D eigenvalue weighted by Gasteiger charge is -2.30. The molecule has 2 fully saturated rings. The molecule has 6 heteroatoms. The average molecular weight is 363 g/mol. The van der Waals surface area contributed by atoms with Crippen molar-refractivity contribution in [3.05, 3.63) is 17.0 Å². The molecule has 6 nitrogen and oxygen atoms in total. The Morgan fingerprint density at radius 1 is 1.23 bits per heavy atom. The Hall–Kier alpha value is -1.56. The fraction of sp³-hybridized carbons (Fsp3) is 0.800. The molecule has 0 spiro atoms. The summed E-state index contributed by atoms with van der Waals surface area (Å²) in [5.74, 6) is 0.690. The van der Waals surface area contributed by atoms with E-state index in [1.807, 2.05) is 11.6 Å². The minimum Gasteiger partial charge on any atom is -0.383 e. The van der Waals surface area contributed by atoms with Crippen molar-refractivity contribution >= 4 is 6.03 Å². The van der Waals surface area contributed by atoms with Crippen molar-refractivity contribution in [3.63, 3.8) is 0 Å². The van der Waals surface area contributed by atoms with E-state index in [4.69, 9.17) is 4.74 Å². The standard InChI is InChI=1S/C20H34N4O2/c1-15-19(16(2)24(22-15)11-12-26-3)13-21-20(25)23(18-9-10-18)14-17-7-5-4-6-8-17/h17-18H,4-14H2,1-3H3,(H,21,25). The Morgan fingerprint density at radius 2 is 1.96 bits per heavy atom. The van der Waals surface area contributed by atoms with Gasteiger partial charge in [0.25, 0.3) is 0 Å². The van der Waals surface area contributed by atoms with E-state index in [2.05, 4.69) is 22.2 Å². The molecule has 2 aliphatic rings. The summed E-state index contributed by atoms with van der Waals surface area (Å²) in [6.07, 6.45) is 8.88. The summed E-state index contributed by atoms with van der Waals surface area (Å²) in [6, 6.07) is 0.560. The van der Waals surface area contributed by atoms with Gasteiger partial charge in [0, 0.05) is 37.5 Å². The van der Waals surface area contributed by atoms with Crippen molar-refractivity contribution in [2.24, 2.45) is 5.92 Å². The topological polar surface area (TPSA) is 59.4 Å². The lowest BCUT2D eigenvalue weighted by molar-refractivity contribution is 0.174. The predicted octanol–water partition coefficient (Wildman–Crippen LogP) is 3.40. The van der Waals surface area contributed by atoms with Gasteiger partial charge in [-0.05, 0) is 45.4 Å². The first-order chi connectivity index (χ1) is 12.6. The number of carbonyl (C=O) groups is 1. The maximum atomic E-state index is 12.8. The lowest BCUT2D eigenvalue weighted by atomic mass is 9.89. The van der Waals surface area contributed by atoms with Crippen molar-refractivity contribution in [1.82, 2.24) is 20.0 Å². The Labute approximate surface area is 157 Å². The van der Waals surface area contributed by atoms with Crippen LogP contribution in [0.25, 0.3) is 0 Å². The number of aryl methyl sites for hydroxylation is 1. The monoisotopic (exact) mass is 362 g/mol. The smallest absolute Gasteiger partial charge is 0.317 e. The van der Waals surface area contributed by atoms with Crippen molar-refractivity contribution in [2.45, 2.75) is 77.9 Å². The number of urea groups is 1. The molecule has 1 aromatic heterocycles. The number of ether oxygens (including phenoxy) is 1. The molecule has 0 atom stereocenters. The van der Waals surface area contributed by atoms with Gasteiger partial charge in [0.15, 0.2) is 0 Å². The number of amides is 2. The van der Waals surface area contributed by atoms with Crippen LogP contribution < -0.4 is 5.32 Å². The van der Waals surface area contributed by atoms with Crippen molar-refractivity contribution < 1.29 is 9.53 Å². The van der Waals surface area contributed by atoms with Gasteiger partial charge in [0.2, 0.25) is 0 Å². The van der Waals surface area contributed by atoms with E-state index < -0.39 is 0 Å². The van der Waals surface area contributed by atoms with Crippen LogP contribution in [0.4, 0.5) is 4.79 Å². The third-order valence-corrected chi connectivity index (χ3v) is 5.88. The van der Waals surface area contributed by atoms with Crippen LogP contribution >= 0.6 is 0 Å². The first-order valence-corrected chi connectivity index (χ1v) is 10.2. The fourth-order valence-electron chi connectivity index (χ4n) is 4.08. The second-order valence-electron chi connectivity index (χ2n) is 7.91. The number of nitrogens with zero attached hydrogens (tertiary/aromatic N) is 3. The van der Waals surface area contributed by atoms with Crippen LogP contribution in [0.2, 0.25) is 0 Å². The summed E-state index contributed by atoms with van der Waals surface area (Å²) in [4.78, 5) is 14.9. The fourth-order valence-corrected chi connectivity index (χ4v) is 4.08. The molecule has 1 N–H and O–H groups in total. The second-order valence-corrected chi connectivity index (χ2v) is 7.91. The minimum absolute atomic E-state index is 0.0986. The summed E-state index contributed by atoms with van der Waals surface area (Å²) < 4.78 is 7.12. The second kappa shape index (κ2) is 8.89. The van der Waals surface area contributed by atoms with Crippen LogP contribution in [0.3, 0.4) is 0 Å². The molecular formula is C20H34N4O2. The van der Waals surface area contributed by atoms with Gasteiger partial charge in [-0.1, -0.05) is 19.3 Å². The molecule has 0 radical (unpaired) electrons. The van der Waals surface area contributed by atoms with Gasteiger partial charge >= 0.3 is 6.03 Å². The third-order valence-electron chi connectivity index (χ3n) is 5.88. The maximum Gasteiger partial charge on any atom is 0.317 e. The molecule has 0 saturated heterocycles. The molecule has 26 heavy (non-hydrogen) atoms. The highest BCUT2D eigenvalue weighted by Gasteiger charge is 2.34. The van der Waals surface area contributed by atoms with Gasteiger partial charge in [-0.2, -0.15) is 5.10 Å². The summed E-state index contributed by atoms with van der Waals surface area (Å²) in [7, 11) is 1.70. The number of nitrogens with one attached hydrogen (secondary N) is 1. The van der Waals surface area contributed by atoms with Gasteiger partial charge in [-0.15, -0.1) is 0 Å². The van der Waals surface area contributed by atoms with Crippen LogP contribution in [0.1, 0.15) is 61.9 Å². The Balaban J connectivity index is 1.57. The van der Waals surface area contributed by atoms with Crippen LogP contribution in [0.5, 0.6) is 0 Å². The van der Waals surface area contributed by atoms with Gasteiger partial charge in [0.1, 0.15) is 0 Å². The molecule has 0 aliphatic heterocycles. The zero-order chi connectivity index (χ0) is 18.5. The van der Waals surface area contributed by atoms with E-state index in [9.17, 15) is 4.79 Å². The Kier molecular flexibility index (Phi) is 6.57. The highest BCUT2D eigenvalue weighted by molar-refractivity contribution is 5.75. The minimum atomic E-state index is 0.0986. The van der Waals surface area contributed by atoms with E-state index in [0.717, 1.165) is 42.9 Å². The highest BCUT2D eigenvalue weighted by Crippen LogP contribution is 2.31. The first kappa shape index (κ1) is 19.2. The zero-order valence-electron chi connectivity index (χ0n) is 16.6. The SMILES string of the molecule is COCCn1nc(C)c(CNC(=O)N(CC2CCCCC2)C2CC2)c1C. The number of carbonyl (C=O) groups excluding carboxylic acids is 1. The molecular weight excluding hydrogens is 328 g/mol. The molecule has 2 aliphatic carbocycles. The highest BCUT2D eigenvalue weighted by atomic mass is 16.5. The van der Waals surface area contributed by atoms with Crippen LogP contribution in [0, 0.1) is 19.8 Å². The van der Waals surface area contributed by atoms with Crippen molar-refractivity contribution in [2.75, 3.05) is 20.3 Å². The largest absolute Gasteiger partial charge is 0.383 e. The lowest BCUT2D eigenvalue weighted by Crippen LogP contribution is -2.44. The predicted molar refractivity (Wildman–Crippen MR) is 102 cm³/mol. The van der Waals surface area contributed by atoms with Crippen LogP contribution in [-0.2, 0) is 17.8 Å². The van der Waals surface area contributed by atoms with Crippen LogP contribution in [0.15, 0.2) is 0 Å². The van der Waals surface area contributed by atoms with Gasteiger partial charge < -0.3 is 15.0 Å². The number of hydrogen-bond acceptors (Lipinski definition) is 3. The van der Waals surface area contributed by atoms with Crippen LogP contribution in [-0.4, -0.2) is 47.0 Å². The molecule has 0 bridgehead atoms. The van der Waals surface area contributed by atoms with E-state index in [1.165, 1.54) is 32.1 Å². The van der Waals surface area contributed by atoms with Gasteiger partial charge in [0.05, 0.1) is 18.8 Å². The molecule has 2 amide bonds. The summed E-state index contributed by atoms with van der Waals surface area (Å²) >= 11 is 0. The Bertz CT molecular complexity index is 603. The first-order valence-electron chi connectivity index (χ1n) is 10.2. The maximum absolute atomic E-state index is 12.8. The third kappa shape index (κ3) is 4.78. The van der Waals surface area contributed by atoms with E-state index >= 15 is 0 Å². The molecule has 1 aromatic rings. The summed E-state index contributed by atoms with van der Waals surface area (Å²) in [5.41, 5.74) is 3.23. The molecule has 146 valence electrons. The van der Waals surface area contributed by atoms with Gasteiger partial charge in [-0.25, -0.2) is 4.79 Å². The normalized spacial score (nSPS) is 18.1. The van der Waals surface area contributed by atoms with E-state index in [0.29, 0.717) is 25.1 Å². The van der Waals surface area contributed by atoms with E-state index in [1.54, 1.807) is 7.11 Å².